The zero-order valence-electron chi connectivity index (χ0n) is 12.8. The quantitative estimate of drug-likeness (QED) is 0.451. The molecule has 1 heterocycles. The van der Waals surface area contributed by atoms with Gasteiger partial charge in [-0.15, -0.1) is 0 Å². The lowest BCUT2D eigenvalue weighted by Gasteiger charge is -2.16. The Bertz CT molecular complexity index is 356. The van der Waals surface area contributed by atoms with Gasteiger partial charge in [0.2, 0.25) is 5.76 Å². The van der Waals surface area contributed by atoms with Gasteiger partial charge in [0.1, 0.15) is 6.10 Å². The lowest BCUT2D eigenvalue weighted by atomic mass is 10.1. The van der Waals surface area contributed by atoms with Gasteiger partial charge in [-0.3, -0.25) is 0 Å². The Kier molecular flexibility index (Phi) is 8.61. The maximum absolute atomic E-state index is 11.3. The van der Waals surface area contributed by atoms with Crippen molar-refractivity contribution < 1.29 is 24.5 Å². The molecule has 0 radical (unpaired) electrons. The number of rotatable bonds is 11. The van der Waals surface area contributed by atoms with E-state index in [2.05, 4.69) is 6.92 Å². The zero-order valence-corrected chi connectivity index (χ0v) is 13.7. The normalized spacial score (nSPS) is 19.8. The second-order valence-corrected chi connectivity index (χ2v) is 6.30. The fraction of sp³-hybridized carbons (Fsp3) is 0.800. The van der Waals surface area contributed by atoms with E-state index in [1.165, 1.54) is 39.2 Å². The van der Waals surface area contributed by atoms with Crippen LogP contribution in [0.1, 0.15) is 45.4 Å². The van der Waals surface area contributed by atoms with Gasteiger partial charge in [-0.2, -0.15) is 11.8 Å². The van der Waals surface area contributed by atoms with E-state index in [0.29, 0.717) is 5.75 Å². The Balaban J connectivity index is 2.16. The van der Waals surface area contributed by atoms with Crippen LogP contribution in [0.5, 0.6) is 0 Å². The number of unbranched alkanes of at least 4 members (excludes halogenated alkanes) is 5. The second kappa shape index (κ2) is 9.95. The molecule has 1 rings (SSSR count). The van der Waals surface area contributed by atoms with Crippen LogP contribution in [-0.2, 0) is 14.3 Å². The van der Waals surface area contributed by atoms with Gasteiger partial charge in [-0.25, -0.2) is 4.79 Å². The molecule has 6 heteroatoms. The van der Waals surface area contributed by atoms with Crippen molar-refractivity contribution in [1.29, 1.82) is 0 Å². The van der Waals surface area contributed by atoms with Crippen molar-refractivity contribution in [2.75, 3.05) is 18.6 Å². The smallest absolute Gasteiger partial charge is 0.378 e. The molecule has 0 spiro atoms. The van der Waals surface area contributed by atoms with Crippen LogP contribution in [0.25, 0.3) is 0 Å². The summed E-state index contributed by atoms with van der Waals surface area (Å²) in [6, 6.07) is 0. The number of thioether (sulfide) groups is 1. The SMILES string of the molecule is CCCCCCCCSC[C@H](O)[C@H]1OC(=O)C(OC)=C1O. The van der Waals surface area contributed by atoms with Gasteiger partial charge in [-0.05, 0) is 12.2 Å². The molecule has 0 amide bonds. The molecule has 2 atom stereocenters. The number of hydrogen-bond donors (Lipinski definition) is 2. The zero-order chi connectivity index (χ0) is 15.7. The molecule has 5 nitrogen and oxygen atoms in total. The number of aliphatic hydroxyl groups excluding tert-OH is 2. The molecule has 0 saturated carbocycles. The molecule has 1 aliphatic heterocycles. The molecule has 0 unspecified atom stereocenters. The lowest BCUT2D eigenvalue weighted by molar-refractivity contribution is -0.146. The number of methoxy groups -OCH3 is 1. The van der Waals surface area contributed by atoms with Crippen LogP contribution in [0.15, 0.2) is 11.5 Å². The molecule has 1 aliphatic rings. The first-order valence-corrected chi connectivity index (χ1v) is 8.71. The molecule has 0 aromatic carbocycles. The highest BCUT2D eigenvalue weighted by Gasteiger charge is 2.39. The third-order valence-corrected chi connectivity index (χ3v) is 4.56. The minimum atomic E-state index is -0.996. The molecule has 0 aromatic rings. The number of carbonyl (C=O) groups is 1. The highest BCUT2D eigenvalue weighted by Crippen LogP contribution is 2.25. The van der Waals surface area contributed by atoms with E-state index >= 15 is 0 Å². The summed E-state index contributed by atoms with van der Waals surface area (Å²) < 4.78 is 9.65. The topological polar surface area (TPSA) is 76.0 Å². The van der Waals surface area contributed by atoms with E-state index in [1.807, 2.05) is 0 Å². The highest BCUT2D eigenvalue weighted by molar-refractivity contribution is 7.99. The van der Waals surface area contributed by atoms with Crippen molar-refractivity contribution >= 4 is 17.7 Å². The third kappa shape index (κ3) is 5.79. The number of aliphatic hydroxyl groups is 2. The average Bonchev–Trinajstić information content (AvgIpc) is 2.76. The maximum Gasteiger partial charge on any atom is 0.378 e. The van der Waals surface area contributed by atoms with E-state index in [-0.39, 0.29) is 11.5 Å². The van der Waals surface area contributed by atoms with E-state index in [4.69, 9.17) is 9.47 Å². The average molecular weight is 318 g/mol. The Hall–Kier alpha value is -0.880. The van der Waals surface area contributed by atoms with Crippen molar-refractivity contribution in [2.45, 2.75) is 57.7 Å². The van der Waals surface area contributed by atoms with E-state index < -0.39 is 18.2 Å². The van der Waals surface area contributed by atoms with E-state index in [0.717, 1.165) is 12.2 Å². The van der Waals surface area contributed by atoms with Crippen LogP contribution in [-0.4, -0.2) is 47.0 Å². The predicted octanol–water partition coefficient (Wildman–Crippen LogP) is 2.78. The minimum Gasteiger partial charge on any atom is -0.505 e. The number of ether oxygens (including phenoxy) is 2. The number of hydrogen-bond acceptors (Lipinski definition) is 6. The van der Waals surface area contributed by atoms with Crippen molar-refractivity contribution in [3.05, 3.63) is 11.5 Å². The third-order valence-electron chi connectivity index (χ3n) is 3.41. The molecule has 21 heavy (non-hydrogen) atoms. The van der Waals surface area contributed by atoms with Crippen LogP contribution < -0.4 is 0 Å². The Morgan fingerprint density at radius 2 is 1.95 bits per heavy atom. The van der Waals surface area contributed by atoms with E-state index in [9.17, 15) is 15.0 Å². The maximum atomic E-state index is 11.3. The Morgan fingerprint density at radius 1 is 1.29 bits per heavy atom. The van der Waals surface area contributed by atoms with Gasteiger partial charge in [-0.1, -0.05) is 39.0 Å². The number of carbonyl (C=O) groups excluding carboxylic acids is 1. The Labute approximate surface area is 130 Å². The summed E-state index contributed by atoms with van der Waals surface area (Å²) in [5, 5.41) is 19.7. The standard InChI is InChI=1S/C15H26O5S/c1-3-4-5-6-7-8-9-21-10-11(16)13-12(17)14(19-2)15(18)20-13/h11,13,16-17H,3-10H2,1-2H3/t11-,13+/m0/s1. The van der Waals surface area contributed by atoms with Crippen LogP contribution in [0.3, 0.4) is 0 Å². The lowest BCUT2D eigenvalue weighted by Crippen LogP contribution is -2.30. The fourth-order valence-electron chi connectivity index (χ4n) is 2.18. The fourth-order valence-corrected chi connectivity index (χ4v) is 3.17. The second-order valence-electron chi connectivity index (χ2n) is 5.15. The van der Waals surface area contributed by atoms with Crippen LogP contribution >= 0.6 is 11.8 Å². The molecule has 0 saturated heterocycles. The molecular weight excluding hydrogens is 292 g/mol. The van der Waals surface area contributed by atoms with Crippen LogP contribution in [0.4, 0.5) is 0 Å². The summed E-state index contributed by atoms with van der Waals surface area (Å²) in [6.45, 7) is 2.20. The molecule has 0 aromatic heterocycles. The molecule has 122 valence electrons. The van der Waals surface area contributed by atoms with Crippen molar-refractivity contribution in [2.24, 2.45) is 0 Å². The van der Waals surface area contributed by atoms with Crippen molar-refractivity contribution in [3.63, 3.8) is 0 Å². The summed E-state index contributed by atoms with van der Waals surface area (Å²) in [4.78, 5) is 11.3. The first-order chi connectivity index (χ1) is 10.1. The summed E-state index contributed by atoms with van der Waals surface area (Å²) >= 11 is 1.61. The first-order valence-electron chi connectivity index (χ1n) is 7.55. The first kappa shape index (κ1) is 18.2. The summed E-state index contributed by atoms with van der Waals surface area (Å²) in [6.07, 6.45) is 5.53. The Morgan fingerprint density at radius 3 is 2.57 bits per heavy atom. The number of cyclic esters (lactones) is 1. The van der Waals surface area contributed by atoms with Gasteiger partial charge >= 0.3 is 5.97 Å². The van der Waals surface area contributed by atoms with Crippen LogP contribution in [0, 0.1) is 0 Å². The molecule has 0 aliphatic carbocycles. The van der Waals surface area contributed by atoms with Gasteiger partial charge in [0.05, 0.1) is 7.11 Å². The summed E-state index contributed by atoms with van der Waals surface area (Å²) in [7, 11) is 1.29. The van der Waals surface area contributed by atoms with Gasteiger partial charge in [0.15, 0.2) is 11.9 Å². The summed E-state index contributed by atoms with van der Waals surface area (Å²) in [5.74, 6) is 0.148. The highest BCUT2D eigenvalue weighted by atomic mass is 32.2. The minimum absolute atomic E-state index is 0.208. The van der Waals surface area contributed by atoms with Gasteiger partial charge < -0.3 is 19.7 Å². The van der Waals surface area contributed by atoms with Crippen LogP contribution in [0.2, 0.25) is 0 Å². The number of esters is 1. The van der Waals surface area contributed by atoms with Gasteiger partial charge in [0, 0.05) is 5.75 Å². The summed E-state index contributed by atoms with van der Waals surface area (Å²) in [5.41, 5.74) is 0. The van der Waals surface area contributed by atoms with Crippen molar-refractivity contribution in [3.8, 4) is 0 Å². The predicted molar refractivity (Wildman–Crippen MR) is 83.3 cm³/mol. The largest absolute Gasteiger partial charge is 0.505 e. The molecule has 0 fully saturated rings. The molecule has 2 N–H and O–H groups in total. The van der Waals surface area contributed by atoms with Crippen molar-refractivity contribution in [1.82, 2.24) is 0 Å². The van der Waals surface area contributed by atoms with Gasteiger partial charge in [0.25, 0.3) is 0 Å². The molecular formula is C15H26O5S. The van der Waals surface area contributed by atoms with E-state index in [1.54, 1.807) is 11.8 Å². The monoisotopic (exact) mass is 318 g/mol. The molecule has 0 bridgehead atoms.